The number of nitrogens with zero attached hydrogens (tertiary/aromatic N) is 2. The lowest BCUT2D eigenvalue weighted by atomic mass is 10.2. The first-order valence-electron chi connectivity index (χ1n) is 5.92. The van der Waals surface area contributed by atoms with Crippen molar-refractivity contribution in [1.82, 2.24) is 0 Å². The van der Waals surface area contributed by atoms with E-state index in [1.165, 1.54) is 18.4 Å². The highest BCUT2D eigenvalue weighted by atomic mass is 19.2. The standard InChI is InChI=1S/C14H6F5N3O/c15-9-10(16)12(18)14(13(19)11(9)17)22-21-5-7-3-1-2-4-8(7)23-6-20/h1-5,22H. The number of hydrogen-bond acceptors (Lipinski definition) is 4. The summed E-state index contributed by atoms with van der Waals surface area (Å²) in [6.45, 7) is 0. The molecule has 0 unspecified atom stereocenters. The summed E-state index contributed by atoms with van der Waals surface area (Å²) in [5, 5.41) is 11.8. The van der Waals surface area contributed by atoms with E-state index in [0.29, 0.717) is 0 Å². The molecule has 4 nitrogen and oxygen atoms in total. The molecule has 0 saturated carbocycles. The summed E-state index contributed by atoms with van der Waals surface area (Å²) in [5.74, 6) is -10.4. The van der Waals surface area contributed by atoms with E-state index in [1.54, 1.807) is 17.6 Å². The van der Waals surface area contributed by atoms with Gasteiger partial charge in [0.15, 0.2) is 29.0 Å². The Morgan fingerprint density at radius 1 is 0.957 bits per heavy atom. The summed E-state index contributed by atoms with van der Waals surface area (Å²) >= 11 is 0. The lowest BCUT2D eigenvalue weighted by Gasteiger charge is -2.07. The van der Waals surface area contributed by atoms with Gasteiger partial charge in [-0.3, -0.25) is 5.43 Å². The zero-order valence-electron chi connectivity index (χ0n) is 11.1. The molecule has 2 aromatic rings. The molecule has 0 bridgehead atoms. The molecular weight excluding hydrogens is 321 g/mol. The van der Waals surface area contributed by atoms with Crippen LogP contribution < -0.4 is 10.2 Å². The van der Waals surface area contributed by atoms with E-state index in [2.05, 4.69) is 9.84 Å². The third-order valence-corrected chi connectivity index (χ3v) is 2.66. The zero-order valence-corrected chi connectivity index (χ0v) is 11.1. The minimum absolute atomic E-state index is 0.0953. The molecule has 2 rings (SSSR count). The fourth-order valence-electron chi connectivity index (χ4n) is 1.60. The molecule has 118 valence electrons. The first-order valence-corrected chi connectivity index (χ1v) is 5.92. The minimum atomic E-state index is -2.26. The van der Waals surface area contributed by atoms with Crippen molar-refractivity contribution in [1.29, 1.82) is 5.26 Å². The Balaban J connectivity index is 2.31. The summed E-state index contributed by atoms with van der Waals surface area (Å²) in [7, 11) is 0. The Kier molecular flexibility index (Phi) is 4.75. The third-order valence-electron chi connectivity index (χ3n) is 2.66. The average molecular weight is 327 g/mol. The van der Waals surface area contributed by atoms with E-state index in [4.69, 9.17) is 5.26 Å². The van der Waals surface area contributed by atoms with Crippen molar-refractivity contribution in [3.05, 3.63) is 58.9 Å². The molecule has 1 N–H and O–H groups in total. The van der Waals surface area contributed by atoms with Crippen LogP contribution >= 0.6 is 0 Å². The van der Waals surface area contributed by atoms with E-state index in [1.807, 2.05) is 0 Å². The number of benzene rings is 2. The van der Waals surface area contributed by atoms with Gasteiger partial charge in [0.2, 0.25) is 5.82 Å². The molecule has 0 fully saturated rings. The quantitative estimate of drug-likeness (QED) is 0.233. The van der Waals surface area contributed by atoms with E-state index in [-0.39, 0.29) is 11.3 Å². The predicted octanol–water partition coefficient (Wildman–Crippen LogP) is 3.69. The number of nitrogens with one attached hydrogen (secondary N) is 1. The van der Waals surface area contributed by atoms with E-state index in [0.717, 1.165) is 6.21 Å². The number of nitriles is 1. The van der Waals surface area contributed by atoms with Crippen molar-refractivity contribution in [2.75, 3.05) is 5.43 Å². The molecule has 0 aliphatic heterocycles. The number of rotatable bonds is 4. The monoisotopic (exact) mass is 327 g/mol. The molecule has 0 heterocycles. The van der Waals surface area contributed by atoms with E-state index >= 15 is 0 Å². The molecule has 0 spiro atoms. The predicted molar refractivity (Wildman–Crippen MR) is 70.1 cm³/mol. The second-order valence-corrected chi connectivity index (χ2v) is 4.05. The summed E-state index contributed by atoms with van der Waals surface area (Å²) in [6, 6.07) is 5.99. The van der Waals surface area contributed by atoms with Crippen LogP contribution in [0, 0.1) is 40.6 Å². The normalized spacial score (nSPS) is 10.6. The maximum absolute atomic E-state index is 13.4. The van der Waals surface area contributed by atoms with Crippen LogP contribution in [0.15, 0.2) is 29.4 Å². The summed E-state index contributed by atoms with van der Waals surface area (Å²) < 4.78 is 70.3. The highest BCUT2D eigenvalue weighted by Crippen LogP contribution is 2.27. The van der Waals surface area contributed by atoms with Crippen molar-refractivity contribution < 1.29 is 26.7 Å². The number of anilines is 1. The van der Waals surface area contributed by atoms with Crippen LogP contribution in [0.5, 0.6) is 5.75 Å². The van der Waals surface area contributed by atoms with Gasteiger partial charge in [-0.15, -0.1) is 5.26 Å². The van der Waals surface area contributed by atoms with Crippen LogP contribution in [0.4, 0.5) is 27.6 Å². The largest absolute Gasteiger partial charge is 0.387 e. The van der Waals surface area contributed by atoms with Gasteiger partial charge in [0.25, 0.3) is 6.26 Å². The van der Waals surface area contributed by atoms with Gasteiger partial charge in [0.05, 0.1) is 6.21 Å². The second-order valence-electron chi connectivity index (χ2n) is 4.05. The maximum atomic E-state index is 13.4. The van der Waals surface area contributed by atoms with Crippen molar-refractivity contribution in [2.24, 2.45) is 5.10 Å². The van der Waals surface area contributed by atoms with Crippen LogP contribution in [-0.4, -0.2) is 6.21 Å². The van der Waals surface area contributed by atoms with E-state index in [9.17, 15) is 22.0 Å². The van der Waals surface area contributed by atoms with Crippen LogP contribution in [-0.2, 0) is 0 Å². The Bertz CT molecular complexity index is 788. The highest BCUT2D eigenvalue weighted by Gasteiger charge is 2.25. The lowest BCUT2D eigenvalue weighted by molar-refractivity contribution is 0.381. The minimum Gasteiger partial charge on any atom is -0.387 e. The van der Waals surface area contributed by atoms with Crippen LogP contribution in [0.25, 0.3) is 0 Å². The SMILES string of the molecule is N#COc1ccccc1C=NNc1c(F)c(F)c(F)c(F)c1F. The molecule has 2 aromatic carbocycles. The van der Waals surface area contributed by atoms with Crippen LogP contribution in [0.1, 0.15) is 5.56 Å². The third kappa shape index (κ3) is 3.21. The number of halogens is 5. The van der Waals surface area contributed by atoms with Gasteiger partial charge in [-0.1, -0.05) is 12.1 Å². The van der Waals surface area contributed by atoms with Gasteiger partial charge >= 0.3 is 0 Å². The van der Waals surface area contributed by atoms with Crippen molar-refractivity contribution in [2.45, 2.75) is 0 Å². The van der Waals surface area contributed by atoms with Crippen molar-refractivity contribution in [3.8, 4) is 12.0 Å². The molecular formula is C14H6F5N3O. The fourth-order valence-corrected chi connectivity index (χ4v) is 1.60. The molecule has 0 aromatic heterocycles. The number of para-hydroxylation sites is 1. The highest BCUT2D eigenvalue weighted by molar-refractivity contribution is 5.84. The van der Waals surface area contributed by atoms with Crippen LogP contribution in [0.2, 0.25) is 0 Å². The zero-order chi connectivity index (χ0) is 17.0. The Hall–Kier alpha value is -3.15. The maximum Gasteiger partial charge on any atom is 0.292 e. The number of ether oxygens (including phenoxy) is 1. The Labute approximate surface area is 126 Å². The van der Waals surface area contributed by atoms with E-state index < -0.39 is 34.8 Å². The molecule has 0 aliphatic carbocycles. The van der Waals surface area contributed by atoms with Crippen molar-refractivity contribution >= 4 is 11.9 Å². The topological polar surface area (TPSA) is 57.4 Å². The fraction of sp³-hybridized carbons (Fsp3) is 0. The smallest absolute Gasteiger partial charge is 0.292 e. The number of hydrazone groups is 1. The number of hydrogen-bond donors (Lipinski definition) is 1. The van der Waals surface area contributed by atoms with Gasteiger partial charge in [0.1, 0.15) is 5.69 Å². The molecule has 0 radical (unpaired) electrons. The Morgan fingerprint density at radius 3 is 2.13 bits per heavy atom. The van der Waals surface area contributed by atoms with Gasteiger partial charge in [-0.05, 0) is 12.1 Å². The van der Waals surface area contributed by atoms with Gasteiger partial charge < -0.3 is 4.74 Å². The second kappa shape index (κ2) is 6.74. The summed E-state index contributed by atoms with van der Waals surface area (Å²) in [4.78, 5) is 0. The Morgan fingerprint density at radius 2 is 1.52 bits per heavy atom. The molecule has 23 heavy (non-hydrogen) atoms. The molecule has 9 heteroatoms. The first-order chi connectivity index (χ1) is 11.0. The van der Waals surface area contributed by atoms with Gasteiger partial charge in [-0.2, -0.15) is 5.10 Å². The molecule has 0 amide bonds. The summed E-state index contributed by atoms with van der Waals surface area (Å²) in [6.07, 6.45) is 2.42. The molecule has 0 aliphatic rings. The van der Waals surface area contributed by atoms with Crippen LogP contribution in [0.3, 0.4) is 0 Å². The lowest BCUT2D eigenvalue weighted by Crippen LogP contribution is -2.06. The molecule has 0 atom stereocenters. The van der Waals surface area contributed by atoms with Crippen molar-refractivity contribution in [3.63, 3.8) is 0 Å². The first kappa shape index (κ1) is 16.2. The van der Waals surface area contributed by atoms with Gasteiger partial charge in [0, 0.05) is 5.56 Å². The average Bonchev–Trinajstić information content (AvgIpc) is 2.56. The summed E-state index contributed by atoms with van der Waals surface area (Å²) in [5.41, 5.74) is 0.688. The molecule has 0 saturated heterocycles. The van der Waals surface area contributed by atoms with Gasteiger partial charge in [-0.25, -0.2) is 22.0 Å².